The largest absolute Gasteiger partial charge is 0.380 e. The van der Waals surface area contributed by atoms with Gasteiger partial charge in [-0.25, -0.2) is 4.98 Å². The summed E-state index contributed by atoms with van der Waals surface area (Å²) < 4.78 is 5.09. The monoisotopic (exact) mass is 235 g/mol. The summed E-state index contributed by atoms with van der Waals surface area (Å²) in [5.74, 6) is 0. The van der Waals surface area contributed by atoms with Crippen molar-refractivity contribution in [2.45, 2.75) is 6.61 Å². The Bertz CT molecular complexity index is 540. The molecule has 1 aromatic carbocycles. The maximum absolute atomic E-state index is 10.7. The molecule has 16 heavy (non-hydrogen) atoms. The van der Waals surface area contributed by atoms with Crippen LogP contribution in [0.1, 0.15) is 15.9 Å². The number of carbonyl (C=O) groups excluding carboxylic acids is 1. The molecule has 0 radical (unpaired) electrons. The Morgan fingerprint density at radius 1 is 1.44 bits per heavy atom. The van der Waals surface area contributed by atoms with Gasteiger partial charge < -0.3 is 4.74 Å². The number of ether oxygens (including phenoxy) is 1. The van der Waals surface area contributed by atoms with E-state index < -0.39 is 0 Å². The number of aldehydes is 1. The van der Waals surface area contributed by atoms with Crippen molar-refractivity contribution in [1.29, 1.82) is 0 Å². The smallest absolute Gasteiger partial charge is 0.150 e. The maximum Gasteiger partial charge on any atom is 0.150 e. The summed E-state index contributed by atoms with van der Waals surface area (Å²) in [6, 6.07) is 7.10. The SMILES string of the molecule is COCc1cc(Cl)nc2cc(C=O)ccc12. The van der Waals surface area contributed by atoms with E-state index in [0.29, 0.717) is 22.8 Å². The molecule has 3 nitrogen and oxygen atoms in total. The zero-order valence-corrected chi connectivity index (χ0v) is 9.49. The molecule has 0 aliphatic heterocycles. The summed E-state index contributed by atoms with van der Waals surface area (Å²) in [5, 5.41) is 1.36. The third-order valence-electron chi connectivity index (χ3n) is 2.32. The summed E-state index contributed by atoms with van der Waals surface area (Å²) in [7, 11) is 1.62. The van der Waals surface area contributed by atoms with Crippen LogP contribution in [0.3, 0.4) is 0 Å². The average Bonchev–Trinajstić information content (AvgIpc) is 2.28. The van der Waals surface area contributed by atoms with Gasteiger partial charge in [0.05, 0.1) is 12.1 Å². The Morgan fingerprint density at radius 3 is 2.94 bits per heavy atom. The molecule has 0 unspecified atom stereocenters. The first-order valence-corrected chi connectivity index (χ1v) is 5.15. The molecule has 0 atom stereocenters. The molecule has 0 aliphatic carbocycles. The molecule has 4 heteroatoms. The minimum Gasteiger partial charge on any atom is -0.380 e. The van der Waals surface area contributed by atoms with Gasteiger partial charge >= 0.3 is 0 Å². The summed E-state index contributed by atoms with van der Waals surface area (Å²) >= 11 is 5.90. The highest BCUT2D eigenvalue weighted by Crippen LogP contribution is 2.22. The van der Waals surface area contributed by atoms with E-state index in [4.69, 9.17) is 16.3 Å². The van der Waals surface area contributed by atoms with Crippen LogP contribution in [0.2, 0.25) is 5.15 Å². The first kappa shape index (κ1) is 11.0. The quantitative estimate of drug-likeness (QED) is 0.607. The van der Waals surface area contributed by atoms with Gasteiger partial charge in [-0.2, -0.15) is 0 Å². The van der Waals surface area contributed by atoms with E-state index >= 15 is 0 Å². The van der Waals surface area contributed by atoms with Gasteiger partial charge in [0.2, 0.25) is 0 Å². The highest BCUT2D eigenvalue weighted by Gasteiger charge is 2.05. The number of halogens is 1. The molecule has 1 aromatic heterocycles. The molecule has 0 N–H and O–H groups in total. The second-order valence-electron chi connectivity index (χ2n) is 3.43. The van der Waals surface area contributed by atoms with Crippen molar-refractivity contribution in [1.82, 2.24) is 4.98 Å². The molecule has 0 bridgehead atoms. The van der Waals surface area contributed by atoms with Crippen LogP contribution in [0, 0.1) is 0 Å². The number of hydrogen-bond donors (Lipinski definition) is 0. The van der Waals surface area contributed by atoms with Gasteiger partial charge in [-0.05, 0) is 17.7 Å². The predicted octanol–water partition coefficient (Wildman–Crippen LogP) is 2.85. The second kappa shape index (κ2) is 4.60. The van der Waals surface area contributed by atoms with Crippen LogP contribution in [-0.4, -0.2) is 18.4 Å². The van der Waals surface area contributed by atoms with Crippen molar-refractivity contribution >= 4 is 28.8 Å². The molecule has 0 aliphatic rings. The minimum absolute atomic E-state index is 0.405. The third-order valence-corrected chi connectivity index (χ3v) is 2.52. The molecule has 0 spiro atoms. The summed E-state index contributed by atoms with van der Waals surface area (Å²) in [5.41, 5.74) is 2.27. The molecule has 0 amide bonds. The Balaban J connectivity index is 2.67. The lowest BCUT2D eigenvalue weighted by Crippen LogP contribution is -1.93. The zero-order chi connectivity index (χ0) is 11.5. The number of benzene rings is 1. The van der Waals surface area contributed by atoms with E-state index in [1.807, 2.05) is 6.07 Å². The van der Waals surface area contributed by atoms with Crippen molar-refractivity contribution in [3.8, 4) is 0 Å². The number of pyridine rings is 1. The number of nitrogens with zero attached hydrogens (tertiary/aromatic N) is 1. The number of aromatic nitrogens is 1. The Morgan fingerprint density at radius 2 is 2.25 bits per heavy atom. The molecule has 0 saturated heterocycles. The number of rotatable bonds is 3. The van der Waals surface area contributed by atoms with E-state index in [0.717, 1.165) is 17.2 Å². The van der Waals surface area contributed by atoms with Gasteiger partial charge in [0.25, 0.3) is 0 Å². The second-order valence-corrected chi connectivity index (χ2v) is 3.82. The van der Waals surface area contributed by atoms with Gasteiger partial charge in [0.15, 0.2) is 0 Å². The molecule has 2 rings (SSSR count). The van der Waals surface area contributed by atoms with Gasteiger partial charge in [-0.1, -0.05) is 23.7 Å². The molecular weight excluding hydrogens is 226 g/mol. The van der Waals surface area contributed by atoms with Gasteiger partial charge in [-0.3, -0.25) is 4.79 Å². The van der Waals surface area contributed by atoms with Crippen LogP contribution in [0.4, 0.5) is 0 Å². The Hall–Kier alpha value is -1.45. The fourth-order valence-electron chi connectivity index (χ4n) is 1.63. The minimum atomic E-state index is 0.405. The number of fused-ring (bicyclic) bond motifs is 1. The standard InChI is InChI=1S/C12H10ClNO2/c1-16-7-9-5-12(13)14-11-4-8(6-15)2-3-10(9)11/h2-6H,7H2,1H3. The average molecular weight is 236 g/mol. The lowest BCUT2D eigenvalue weighted by Gasteiger charge is -2.06. The van der Waals surface area contributed by atoms with Gasteiger partial charge in [0.1, 0.15) is 11.4 Å². The van der Waals surface area contributed by atoms with Gasteiger partial charge in [0, 0.05) is 18.1 Å². The van der Waals surface area contributed by atoms with Gasteiger partial charge in [-0.15, -0.1) is 0 Å². The highest BCUT2D eigenvalue weighted by atomic mass is 35.5. The van der Waals surface area contributed by atoms with Crippen LogP contribution < -0.4 is 0 Å². The van der Waals surface area contributed by atoms with Crippen LogP contribution in [0.15, 0.2) is 24.3 Å². The Kier molecular flexibility index (Phi) is 3.17. The number of hydrogen-bond acceptors (Lipinski definition) is 3. The van der Waals surface area contributed by atoms with Crippen molar-refractivity contribution in [2.24, 2.45) is 0 Å². The summed E-state index contributed by atoms with van der Waals surface area (Å²) in [4.78, 5) is 14.8. The van der Waals surface area contributed by atoms with Crippen molar-refractivity contribution in [2.75, 3.05) is 7.11 Å². The molecule has 0 saturated carbocycles. The van der Waals surface area contributed by atoms with E-state index in [1.165, 1.54) is 0 Å². The predicted molar refractivity (Wildman–Crippen MR) is 62.9 cm³/mol. The van der Waals surface area contributed by atoms with Crippen LogP contribution >= 0.6 is 11.6 Å². The van der Waals surface area contributed by atoms with Crippen LogP contribution in [0.25, 0.3) is 10.9 Å². The van der Waals surface area contributed by atoms with E-state index in [-0.39, 0.29) is 0 Å². The van der Waals surface area contributed by atoms with Crippen molar-refractivity contribution < 1.29 is 9.53 Å². The third kappa shape index (κ3) is 2.05. The maximum atomic E-state index is 10.7. The van der Waals surface area contributed by atoms with E-state index in [9.17, 15) is 4.79 Å². The lowest BCUT2D eigenvalue weighted by atomic mass is 10.1. The first-order chi connectivity index (χ1) is 7.74. The molecule has 1 heterocycles. The first-order valence-electron chi connectivity index (χ1n) is 4.78. The molecule has 0 fully saturated rings. The Labute approximate surface area is 98.0 Å². The fraction of sp³-hybridized carbons (Fsp3) is 0.167. The zero-order valence-electron chi connectivity index (χ0n) is 8.74. The van der Waals surface area contributed by atoms with E-state index in [1.54, 1.807) is 25.3 Å². The van der Waals surface area contributed by atoms with Crippen LogP contribution in [-0.2, 0) is 11.3 Å². The van der Waals surface area contributed by atoms with Crippen molar-refractivity contribution in [3.05, 3.63) is 40.5 Å². The highest BCUT2D eigenvalue weighted by molar-refractivity contribution is 6.29. The van der Waals surface area contributed by atoms with E-state index in [2.05, 4.69) is 4.98 Å². The molecular formula is C12H10ClNO2. The van der Waals surface area contributed by atoms with Crippen LogP contribution in [0.5, 0.6) is 0 Å². The molecule has 2 aromatic rings. The summed E-state index contributed by atoms with van der Waals surface area (Å²) in [6.07, 6.45) is 0.790. The summed E-state index contributed by atoms with van der Waals surface area (Å²) in [6.45, 7) is 0.471. The van der Waals surface area contributed by atoms with Crippen molar-refractivity contribution in [3.63, 3.8) is 0 Å². The number of carbonyl (C=O) groups is 1. The molecule has 82 valence electrons. The topological polar surface area (TPSA) is 39.2 Å². The lowest BCUT2D eigenvalue weighted by molar-refractivity contribution is 0.112. The normalized spacial score (nSPS) is 10.6. The fourth-order valence-corrected chi connectivity index (χ4v) is 1.85. The number of methoxy groups -OCH3 is 1.